The zero-order chi connectivity index (χ0) is 12.3. The molecule has 5 nitrogen and oxygen atoms in total. The molecule has 0 atom stereocenters. The second-order valence-corrected chi connectivity index (χ2v) is 4.59. The third-order valence-electron chi connectivity index (χ3n) is 2.23. The first-order chi connectivity index (χ1) is 8.22. The van der Waals surface area contributed by atoms with Gasteiger partial charge in [0.1, 0.15) is 18.9 Å². The summed E-state index contributed by atoms with van der Waals surface area (Å²) in [5, 5.41) is 12.4. The van der Waals surface area contributed by atoms with Crippen molar-refractivity contribution in [2.45, 2.75) is 19.9 Å². The Morgan fingerprint density at radius 1 is 1.59 bits per heavy atom. The van der Waals surface area contributed by atoms with Crippen LogP contribution < -0.4 is 0 Å². The lowest BCUT2D eigenvalue weighted by Crippen LogP contribution is -2.09. The van der Waals surface area contributed by atoms with Gasteiger partial charge in [0.2, 0.25) is 0 Å². The molecule has 0 aliphatic carbocycles. The molecule has 0 saturated carbocycles. The summed E-state index contributed by atoms with van der Waals surface area (Å²) < 4.78 is 1.38. The number of nitrogens with zero attached hydrogens (tertiary/aromatic N) is 4. The number of aromatic nitrogens is 3. The average molecular weight is 246 g/mol. The second kappa shape index (κ2) is 4.89. The lowest BCUT2D eigenvalue weighted by molar-refractivity contribution is 0.0971. The lowest BCUT2D eigenvalue weighted by Gasteiger charge is -1.96. The number of hydrogen-bond donors (Lipinski definition) is 0. The molecule has 0 unspecified atom stereocenters. The Morgan fingerprint density at radius 3 is 3.00 bits per heavy atom. The van der Waals surface area contributed by atoms with Crippen molar-refractivity contribution in [3.8, 4) is 6.07 Å². The topological polar surface area (TPSA) is 71.6 Å². The normalized spacial score (nSPS) is 10.1. The minimum Gasteiger partial charge on any atom is -0.291 e. The number of nitriles is 1. The fraction of sp³-hybridized carbons (Fsp3) is 0.273. The summed E-state index contributed by atoms with van der Waals surface area (Å²) in [6.07, 6.45) is 2.32. The summed E-state index contributed by atoms with van der Waals surface area (Å²) in [7, 11) is 0. The summed E-state index contributed by atoms with van der Waals surface area (Å²) in [5.74, 6) is 0.0716. The molecule has 86 valence electrons. The smallest absolute Gasteiger partial charge is 0.252 e. The first kappa shape index (κ1) is 11.5. The highest BCUT2D eigenvalue weighted by atomic mass is 32.1. The van der Waals surface area contributed by atoms with E-state index < -0.39 is 0 Å². The van der Waals surface area contributed by atoms with Crippen molar-refractivity contribution in [2.75, 3.05) is 0 Å². The van der Waals surface area contributed by atoms with E-state index in [0.29, 0.717) is 0 Å². The van der Waals surface area contributed by atoms with Crippen molar-refractivity contribution in [3.63, 3.8) is 0 Å². The molecule has 0 radical (unpaired) electrons. The molecule has 2 rings (SSSR count). The number of ketones is 1. The third-order valence-corrected chi connectivity index (χ3v) is 3.50. The molecular formula is C11H10N4OS. The van der Waals surface area contributed by atoms with Crippen LogP contribution >= 0.6 is 11.3 Å². The van der Waals surface area contributed by atoms with Gasteiger partial charge in [-0.2, -0.15) is 5.26 Å². The van der Waals surface area contributed by atoms with E-state index in [1.54, 1.807) is 0 Å². The van der Waals surface area contributed by atoms with Gasteiger partial charge < -0.3 is 0 Å². The van der Waals surface area contributed by atoms with Crippen LogP contribution in [-0.2, 0) is 13.0 Å². The summed E-state index contributed by atoms with van der Waals surface area (Å²) in [5.41, 5.74) is 0. The van der Waals surface area contributed by atoms with Gasteiger partial charge in [-0.1, -0.05) is 6.92 Å². The highest BCUT2D eigenvalue weighted by Crippen LogP contribution is 2.17. The molecule has 0 fully saturated rings. The number of hydrogen-bond acceptors (Lipinski definition) is 5. The zero-order valence-electron chi connectivity index (χ0n) is 9.25. The average Bonchev–Trinajstić information content (AvgIpc) is 2.96. The third kappa shape index (κ3) is 2.57. The van der Waals surface area contributed by atoms with Crippen molar-refractivity contribution >= 4 is 17.1 Å². The van der Waals surface area contributed by atoms with Crippen molar-refractivity contribution in [3.05, 3.63) is 34.0 Å². The molecule has 0 amide bonds. The SMILES string of the molecule is CCc1ccc(C(=O)Cn2cnc(C#N)n2)s1. The molecule has 17 heavy (non-hydrogen) atoms. The molecule has 0 N–H and O–H groups in total. The van der Waals surface area contributed by atoms with Gasteiger partial charge in [0.15, 0.2) is 5.78 Å². The maximum Gasteiger partial charge on any atom is 0.252 e. The van der Waals surface area contributed by atoms with Gasteiger partial charge in [-0.05, 0) is 18.6 Å². The van der Waals surface area contributed by atoms with Crippen LogP contribution in [0.3, 0.4) is 0 Å². The standard InChI is InChI=1S/C11H10N4OS/c1-2-8-3-4-10(17-8)9(16)6-15-7-13-11(5-12)14-15/h3-4,7H,2,6H2,1H3. The molecule has 0 aliphatic heterocycles. The number of aryl methyl sites for hydroxylation is 1. The van der Waals surface area contributed by atoms with Crippen LogP contribution in [0.4, 0.5) is 0 Å². The van der Waals surface area contributed by atoms with Crippen LogP contribution in [-0.4, -0.2) is 20.5 Å². The van der Waals surface area contributed by atoms with E-state index in [0.717, 1.165) is 11.3 Å². The zero-order valence-corrected chi connectivity index (χ0v) is 10.1. The molecule has 0 saturated heterocycles. The predicted molar refractivity (Wildman–Crippen MR) is 62.8 cm³/mol. The van der Waals surface area contributed by atoms with Crippen LogP contribution in [0.25, 0.3) is 0 Å². The number of carbonyl (C=O) groups is 1. The number of rotatable bonds is 4. The number of carbonyl (C=O) groups excluding carboxylic acids is 1. The summed E-state index contributed by atoms with van der Waals surface area (Å²) in [6, 6.07) is 5.61. The summed E-state index contributed by atoms with van der Waals surface area (Å²) >= 11 is 1.50. The van der Waals surface area contributed by atoms with Gasteiger partial charge in [-0.25, -0.2) is 9.67 Å². The van der Waals surface area contributed by atoms with Crippen LogP contribution in [0, 0.1) is 11.3 Å². The van der Waals surface area contributed by atoms with E-state index >= 15 is 0 Å². The van der Waals surface area contributed by atoms with Crippen molar-refractivity contribution in [2.24, 2.45) is 0 Å². The fourth-order valence-electron chi connectivity index (χ4n) is 1.36. The van der Waals surface area contributed by atoms with Gasteiger partial charge in [0, 0.05) is 4.88 Å². The minimum atomic E-state index is -0.0101. The van der Waals surface area contributed by atoms with Crippen LogP contribution in [0.1, 0.15) is 27.3 Å². The maximum atomic E-state index is 11.9. The monoisotopic (exact) mass is 246 g/mol. The molecular weight excluding hydrogens is 236 g/mol. The predicted octanol–water partition coefficient (Wildman–Crippen LogP) is 1.66. The second-order valence-electron chi connectivity index (χ2n) is 3.42. The van der Waals surface area contributed by atoms with Gasteiger partial charge in [-0.3, -0.25) is 4.79 Å². The van der Waals surface area contributed by atoms with E-state index in [-0.39, 0.29) is 18.2 Å². The molecule has 2 aromatic rings. The fourth-order valence-corrected chi connectivity index (χ4v) is 2.24. The van der Waals surface area contributed by atoms with Crippen LogP contribution in [0.2, 0.25) is 0 Å². The Balaban J connectivity index is 2.09. The van der Waals surface area contributed by atoms with Crippen molar-refractivity contribution < 1.29 is 4.79 Å². The Bertz CT molecular complexity index is 578. The summed E-state index contributed by atoms with van der Waals surface area (Å²) in [4.78, 5) is 17.5. The maximum absolute atomic E-state index is 11.9. The highest BCUT2D eigenvalue weighted by molar-refractivity contribution is 7.14. The molecule has 0 aliphatic rings. The van der Waals surface area contributed by atoms with Crippen molar-refractivity contribution in [1.29, 1.82) is 5.26 Å². The first-order valence-electron chi connectivity index (χ1n) is 5.14. The van der Waals surface area contributed by atoms with E-state index in [4.69, 9.17) is 5.26 Å². The van der Waals surface area contributed by atoms with Gasteiger partial charge in [0.25, 0.3) is 5.82 Å². The van der Waals surface area contributed by atoms with E-state index in [1.165, 1.54) is 27.2 Å². The largest absolute Gasteiger partial charge is 0.291 e. The first-order valence-corrected chi connectivity index (χ1v) is 5.96. The minimum absolute atomic E-state index is 0.0101. The molecule has 0 spiro atoms. The van der Waals surface area contributed by atoms with E-state index in [9.17, 15) is 4.79 Å². The molecule has 2 aromatic heterocycles. The van der Waals surface area contributed by atoms with Crippen LogP contribution in [0.15, 0.2) is 18.5 Å². The molecule has 2 heterocycles. The van der Waals surface area contributed by atoms with E-state index in [1.807, 2.05) is 18.2 Å². The van der Waals surface area contributed by atoms with Crippen molar-refractivity contribution in [1.82, 2.24) is 14.8 Å². The number of thiophene rings is 1. The lowest BCUT2D eigenvalue weighted by atomic mass is 10.3. The van der Waals surface area contributed by atoms with Gasteiger partial charge in [0.05, 0.1) is 4.88 Å². The Labute approximate surface area is 102 Å². The van der Waals surface area contributed by atoms with E-state index in [2.05, 4.69) is 17.0 Å². The molecule has 6 heteroatoms. The quantitative estimate of drug-likeness (QED) is 0.769. The Morgan fingerprint density at radius 2 is 2.41 bits per heavy atom. The highest BCUT2D eigenvalue weighted by Gasteiger charge is 2.10. The molecule has 0 aromatic carbocycles. The Kier molecular flexibility index (Phi) is 3.30. The molecule has 0 bridgehead atoms. The Hall–Kier alpha value is -2.00. The van der Waals surface area contributed by atoms with Crippen LogP contribution in [0.5, 0.6) is 0 Å². The number of Topliss-reactive ketones (excluding diaryl/α,β-unsaturated/α-hetero) is 1. The van der Waals surface area contributed by atoms with Gasteiger partial charge in [-0.15, -0.1) is 16.4 Å². The summed E-state index contributed by atoms with van der Waals surface area (Å²) in [6.45, 7) is 2.18. The van der Waals surface area contributed by atoms with Gasteiger partial charge >= 0.3 is 0 Å².